The Morgan fingerprint density at radius 1 is 0.949 bits per heavy atom. The Balaban J connectivity index is 1.35. The number of amides is 1. The van der Waals surface area contributed by atoms with E-state index in [1.165, 1.54) is 16.7 Å². The fourth-order valence-corrected chi connectivity index (χ4v) is 4.90. The van der Waals surface area contributed by atoms with Gasteiger partial charge in [-0.3, -0.25) is 14.5 Å². The predicted molar refractivity (Wildman–Crippen MR) is 155 cm³/mol. The fraction of sp³-hybridized carbons (Fsp3) is 0.258. The largest absolute Gasteiger partial charge is 0.490 e. The number of aliphatic imine (C=N–C) groups is 1. The monoisotopic (exact) mass is 544 g/mol. The number of thioether (sulfide) groups is 1. The standard InChI is InChI=1S/C31H32N2O5S/c1-4-25(5-2)38-27-16-10-23(11-17-27)20-37-26-14-8-21(9-15-26)18-28-30(36)33(3)31(39-28)32-24-12-6-22(7-13-24)19-29(34)35/h6-18,25H,4-5,19-20H2,1-3H3,(H,34,35)/b28-18+,32-31?. The second-order valence-electron chi connectivity index (χ2n) is 9.16. The van der Waals surface area contributed by atoms with Gasteiger partial charge in [0.1, 0.15) is 18.1 Å². The molecule has 0 radical (unpaired) electrons. The van der Waals surface area contributed by atoms with Crippen molar-refractivity contribution in [1.82, 2.24) is 4.90 Å². The average molecular weight is 545 g/mol. The van der Waals surface area contributed by atoms with Crippen LogP contribution in [0.25, 0.3) is 6.08 Å². The first kappa shape index (κ1) is 28.0. The summed E-state index contributed by atoms with van der Waals surface area (Å²) in [5.74, 6) is 0.605. The molecule has 1 N–H and O–H groups in total. The summed E-state index contributed by atoms with van der Waals surface area (Å²) in [6.07, 6.45) is 4.00. The fourth-order valence-electron chi connectivity index (χ4n) is 3.92. The van der Waals surface area contributed by atoms with E-state index in [1.807, 2.05) is 54.6 Å². The first-order valence-electron chi connectivity index (χ1n) is 12.9. The minimum atomic E-state index is -0.881. The summed E-state index contributed by atoms with van der Waals surface area (Å²) in [7, 11) is 1.69. The zero-order chi connectivity index (χ0) is 27.8. The molecule has 7 nitrogen and oxygen atoms in total. The Labute approximate surface area is 233 Å². The van der Waals surface area contributed by atoms with E-state index in [0.29, 0.717) is 27.9 Å². The molecule has 39 heavy (non-hydrogen) atoms. The number of carbonyl (C=O) groups is 2. The van der Waals surface area contributed by atoms with Crippen molar-refractivity contribution in [3.05, 3.63) is 94.4 Å². The minimum absolute atomic E-state index is 0.0399. The SMILES string of the molecule is CCC(CC)Oc1ccc(COc2ccc(/C=C3/SC(=Nc4ccc(CC(=O)O)cc4)N(C)C3=O)cc2)cc1. The number of ether oxygens (including phenoxy) is 2. The third kappa shape index (κ3) is 7.74. The molecule has 0 unspecified atom stereocenters. The van der Waals surface area contributed by atoms with Gasteiger partial charge in [0.05, 0.1) is 23.1 Å². The molecule has 202 valence electrons. The molecule has 0 spiro atoms. The third-order valence-electron chi connectivity index (χ3n) is 6.24. The summed E-state index contributed by atoms with van der Waals surface area (Å²) in [6.45, 7) is 4.70. The molecule has 3 aromatic rings. The van der Waals surface area contributed by atoms with Crippen LogP contribution in [0, 0.1) is 0 Å². The number of hydrogen-bond donors (Lipinski definition) is 1. The second-order valence-corrected chi connectivity index (χ2v) is 10.2. The van der Waals surface area contributed by atoms with E-state index in [1.54, 1.807) is 31.3 Å². The Bertz CT molecular complexity index is 1350. The maximum Gasteiger partial charge on any atom is 0.307 e. The van der Waals surface area contributed by atoms with Gasteiger partial charge >= 0.3 is 5.97 Å². The predicted octanol–water partition coefficient (Wildman–Crippen LogP) is 6.69. The number of aliphatic carboxylic acids is 1. The van der Waals surface area contributed by atoms with Crippen LogP contribution in [0.5, 0.6) is 11.5 Å². The van der Waals surface area contributed by atoms with E-state index >= 15 is 0 Å². The lowest BCUT2D eigenvalue weighted by molar-refractivity contribution is -0.136. The van der Waals surface area contributed by atoms with Crippen molar-refractivity contribution >= 4 is 40.6 Å². The number of hydrogen-bond acceptors (Lipinski definition) is 6. The van der Waals surface area contributed by atoms with E-state index in [4.69, 9.17) is 14.6 Å². The summed E-state index contributed by atoms with van der Waals surface area (Å²) in [5.41, 5.74) is 3.29. The Morgan fingerprint density at radius 3 is 2.18 bits per heavy atom. The van der Waals surface area contributed by atoms with Gasteiger partial charge in [-0.1, -0.05) is 50.2 Å². The number of rotatable bonds is 11. The molecule has 1 fully saturated rings. The molecule has 3 aromatic carbocycles. The summed E-state index contributed by atoms with van der Waals surface area (Å²) in [6, 6.07) is 22.6. The van der Waals surface area contributed by atoms with Gasteiger partial charge in [0.25, 0.3) is 5.91 Å². The van der Waals surface area contributed by atoms with Gasteiger partial charge in [0.2, 0.25) is 0 Å². The van der Waals surface area contributed by atoms with E-state index in [0.717, 1.165) is 35.5 Å². The highest BCUT2D eigenvalue weighted by Gasteiger charge is 2.30. The first-order chi connectivity index (χ1) is 18.8. The highest BCUT2D eigenvalue weighted by Crippen LogP contribution is 2.33. The van der Waals surface area contributed by atoms with Crippen LogP contribution in [0.3, 0.4) is 0 Å². The summed E-state index contributed by atoms with van der Waals surface area (Å²) >= 11 is 1.30. The van der Waals surface area contributed by atoms with Crippen LogP contribution in [-0.2, 0) is 22.6 Å². The third-order valence-corrected chi connectivity index (χ3v) is 7.30. The Morgan fingerprint density at radius 2 is 1.56 bits per heavy atom. The topological polar surface area (TPSA) is 88.4 Å². The summed E-state index contributed by atoms with van der Waals surface area (Å²) in [5, 5.41) is 9.48. The van der Waals surface area contributed by atoms with Crippen LogP contribution in [0.1, 0.15) is 43.4 Å². The number of nitrogens with zero attached hydrogens (tertiary/aromatic N) is 2. The van der Waals surface area contributed by atoms with Gasteiger partial charge in [-0.05, 0) is 83.8 Å². The maximum absolute atomic E-state index is 12.8. The molecule has 1 saturated heterocycles. The van der Waals surface area contributed by atoms with Crippen molar-refractivity contribution in [2.24, 2.45) is 4.99 Å². The number of carboxylic acid groups (broad SMARTS) is 1. The van der Waals surface area contributed by atoms with Crippen LogP contribution in [0.2, 0.25) is 0 Å². The smallest absolute Gasteiger partial charge is 0.307 e. The average Bonchev–Trinajstić information content (AvgIpc) is 3.20. The van der Waals surface area contributed by atoms with Crippen LogP contribution < -0.4 is 9.47 Å². The lowest BCUT2D eigenvalue weighted by Gasteiger charge is -2.15. The number of likely N-dealkylation sites (N-methyl/N-ethyl adjacent to an activating group) is 1. The normalized spacial score (nSPS) is 15.4. The molecular formula is C31H32N2O5S. The Kier molecular flexibility index (Phi) is 9.44. The highest BCUT2D eigenvalue weighted by molar-refractivity contribution is 8.18. The van der Waals surface area contributed by atoms with Crippen molar-refractivity contribution in [2.45, 2.75) is 45.8 Å². The minimum Gasteiger partial charge on any atom is -0.490 e. The molecule has 1 amide bonds. The van der Waals surface area contributed by atoms with Crippen molar-refractivity contribution in [1.29, 1.82) is 0 Å². The highest BCUT2D eigenvalue weighted by atomic mass is 32.2. The molecule has 0 aromatic heterocycles. The molecule has 8 heteroatoms. The molecule has 0 bridgehead atoms. The van der Waals surface area contributed by atoms with E-state index in [2.05, 4.69) is 18.8 Å². The summed E-state index contributed by atoms with van der Waals surface area (Å²) in [4.78, 5) is 30.3. The van der Waals surface area contributed by atoms with Crippen LogP contribution in [0.4, 0.5) is 5.69 Å². The molecule has 1 heterocycles. The van der Waals surface area contributed by atoms with Gasteiger partial charge in [-0.2, -0.15) is 0 Å². The van der Waals surface area contributed by atoms with Crippen molar-refractivity contribution in [3.8, 4) is 11.5 Å². The van der Waals surface area contributed by atoms with Gasteiger partial charge < -0.3 is 14.6 Å². The second kappa shape index (κ2) is 13.2. The van der Waals surface area contributed by atoms with Crippen molar-refractivity contribution < 1.29 is 24.2 Å². The zero-order valence-corrected chi connectivity index (χ0v) is 23.1. The molecular weight excluding hydrogens is 512 g/mol. The molecule has 0 atom stereocenters. The number of carboxylic acids is 1. The lowest BCUT2D eigenvalue weighted by atomic mass is 10.1. The van der Waals surface area contributed by atoms with Gasteiger partial charge in [0.15, 0.2) is 5.17 Å². The van der Waals surface area contributed by atoms with Crippen LogP contribution >= 0.6 is 11.8 Å². The maximum atomic E-state index is 12.8. The van der Waals surface area contributed by atoms with Gasteiger partial charge in [-0.15, -0.1) is 0 Å². The van der Waals surface area contributed by atoms with Crippen molar-refractivity contribution in [2.75, 3.05) is 7.05 Å². The number of benzene rings is 3. The first-order valence-corrected chi connectivity index (χ1v) is 13.7. The van der Waals surface area contributed by atoms with Crippen molar-refractivity contribution in [3.63, 3.8) is 0 Å². The number of carbonyl (C=O) groups excluding carboxylic acids is 1. The van der Waals surface area contributed by atoms with E-state index in [9.17, 15) is 9.59 Å². The molecule has 4 rings (SSSR count). The van der Waals surface area contributed by atoms with Crippen LogP contribution in [0.15, 0.2) is 82.7 Å². The van der Waals surface area contributed by atoms with E-state index < -0.39 is 5.97 Å². The lowest BCUT2D eigenvalue weighted by Crippen LogP contribution is -2.23. The quantitative estimate of drug-likeness (QED) is 0.271. The zero-order valence-electron chi connectivity index (χ0n) is 22.3. The van der Waals surface area contributed by atoms with E-state index in [-0.39, 0.29) is 18.4 Å². The molecule has 1 aliphatic rings. The summed E-state index contributed by atoms with van der Waals surface area (Å²) < 4.78 is 11.9. The molecule has 0 aliphatic carbocycles. The molecule has 1 aliphatic heterocycles. The van der Waals surface area contributed by atoms with Gasteiger partial charge in [-0.25, -0.2) is 4.99 Å². The Hall–Kier alpha value is -4.04. The van der Waals surface area contributed by atoms with Gasteiger partial charge in [0, 0.05) is 7.05 Å². The number of amidine groups is 1. The van der Waals surface area contributed by atoms with Crippen LogP contribution in [-0.4, -0.2) is 40.2 Å². The molecule has 0 saturated carbocycles.